The molecule has 1 aromatic heterocycles. The minimum atomic E-state index is -1.05. The van der Waals surface area contributed by atoms with Gasteiger partial charge in [-0.05, 0) is 0 Å². The van der Waals surface area contributed by atoms with Crippen LogP contribution in [0.4, 0.5) is 4.48 Å². The van der Waals surface area contributed by atoms with Crippen LogP contribution in [0.25, 0.3) is 0 Å². The van der Waals surface area contributed by atoms with E-state index in [9.17, 15) is 14.1 Å². The molecular formula is C4H3FN2O2Pt. The van der Waals surface area contributed by atoms with Crippen molar-refractivity contribution in [1.29, 1.82) is 0 Å². The number of halogens is 1. The van der Waals surface area contributed by atoms with Gasteiger partial charge in [-0.25, -0.2) is 4.79 Å². The number of nitrogens with zero attached hydrogens (tertiary/aromatic N) is 1. The Balaban J connectivity index is 0.000000810. The van der Waals surface area contributed by atoms with Gasteiger partial charge in [0.1, 0.15) is 0 Å². The Labute approximate surface area is 68.9 Å². The van der Waals surface area contributed by atoms with E-state index in [0.717, 1.165) is 12.3 Å². The minimum Gasteiger partial charge on any atom is -0.272 e. The maximum absolute atomic E-state index is 11.9. The van der Waals surface area contributed by atoms with Crippen LogP contribution in [-0.2, 0) is 21.1 Å². The summed E-state index contributed by atoms with van der Waals surface area (Å²) in [5.74, 6) is 0. The Kier molecular flexibility index (Phi) is 3.22. The Hall–Kier alpha value is -0.702. The van der Waals surface area contributed by atoms with Crippen molar-refractivity contribution in [2.24, 2.45) is 0 Å². The normalized spacial score (nSPS) is 8.50. The van der Waals surface area contributed by atoms with Gasteiger partial charge in [0, 0.05) is 33.3 Å². The molecule has 1 N–H and O–H groups in total. The zero-order valence-electron chi connectivity index (χ0n) is 4.61. The molecule has 0 saturated carbocycles. The number of hydrogen-bond donors (Lipinski definition) is 1. The minimum absolute atomic E-state index is 0. The molecule has 4 nitrogen and oxygen atoms in total. The van der Waals surface area contributed by atoms with E-state index in [1.54, 1.807) is 4.98 Å². The van der Waals surface area contributed by atoms with Gasteiger partial charge in [0.15, 0.2) is 0 Å². The SMILES string of the molecule is O=c1ccn(F)c(=O)[nH]1.[Pt]. The molecule has 0 radical (unpaired) electrons. The van der Waals surface area contributed by atoms with Gasteiger partial charge in [0.2, 0.25) is 0 Å². The van der Waals surface area contributed by atoms with Gasteiger partial charge in [-0.2, -0.15) is 0 Å². The van der Waals surface area contributed by atoms with Crippen LogP contribution in [0, 0.1) is 0 Å². The average Bonchev–Trinajstić information content (AvgIpc) is 1.80. The molecule has 58 valence electrons. The first-order chi connectivity index (χ1) is 4.20. The molecule has 0 spiro atoms. The predicted molar refractivity (Wildman–Crippen MR) is 27.8 cm³/mol. The molecule has 0 amide bonds. The van der Waals surface area contributed by atoms with Gasteiger partial charge in [0.05, 0.1) is 0 Å². The van der Waals surface area contributed by atoms with E-state index in [2.05, 4.69) is 0 Å². The second kappa shape index (κ2) is 3.46. The van der Waals surface area contributed by atoms with Crippen molar-refractivity contribution < 1.29 is 25.5 Å². The van der Waals surface area contributed by atoms with Crippen molar-refractivity contribution in [3.63, 3.8) is 0 Å². The molecule has 0 saturated heterocycles. The van der Waals surface area contributed by atoms with E-state index in [1.807, 2.05) is 0 Å². The van der Waals surface area contributed by atoms with Gasteiger partial charge in [0.25, 0.3) is 5.56 Å². The molecule has 6 heteroatoms. The van der Waals surface area contributed by atoms with Crippen LogP contribution in [0.15, 0.2) is 21.9 Å². The van der Waals surface area contributed by atoms with Crippen molar-refractivity contribution in [2.45, 2.75) is 0 Å². The third-order valence-corrected chi connectivity index (χ3v) is 0.781. The monoisotopic (exact) mass is 325 g/mol. The summed E-state index contributed by atoms with van der Waals surface area (Å²) in [7, 11) is 0. The van der Waals surface area contributed by atoms with Gasteiger partial charge >= 0.3 is 5.69 Å². The van der Waals surface area contributed by atoms with E-state index in [4.69, 9.17) is 0 Å². The van der Waals surface area contributed by atoms with E-state index in [1.165, 1.54) is 0 Å². The third kappa shape index (κ3) is 1.91. The first-order valence-corrected chi connectivity index (χ1v) is 2.18. The maximum atomic E-state index is 11.9. The fraction of sp³-hybridized carbons (Fsp3) is 0. The molecule has 0 unspecified atom stereocenters. The first-order valence-electron chi connectivity index (χ1n) is 2.18. The summed E-state index contributed by atoms with van der Waals surface area (Å²) in [6.45, 7) is 0. The maximum Gasteiger partial charge on any atom is 0.356 e. The smallest absolute Gasteiger partial charge is 0.272 e. The van der Waals surface area contributed by atoms with Crippen LogP contribution in [-0.4, -0.2) is 9.77 Å². The largest absolute Gasteiger partial charge is 0.356 e. The van der Waals surface area contributed by atoms with E-state index >= 15 is 0 Å². The second-order valence-corrected chi connectivity index (χ2v) is 1.42. The Morgan fingerprint density at radius 2 is 2.10 bits per heavy atom. The quantitative estimate of drug-likeness (QED) is 0.684. The number of hydrogen-bond acceptors (Lipinski definition) is 2. The molecule has 0 aromatic carbocycles. The van der Waals surface area contributed by atoms with Crippen LogP contribution in [0.2, 0.25) is 0 Å². The van der Waals surface area contributed by atoms with Crippen molar-refractivity contribution in [2.75, 3.05) is 0 Å². The topological polar surface area (TPSA) is 54.9 Å². The fourth-order valence-corrected chi connectivity index (χ4v) is 0.401. The van der Waals surface area contributed by atoms with Gasteiger partial charge in [-0.3, -0.25) is 9.78 Å². The standard InChI is InChI=1S/C4H3FN2O2.Pt/c5-7-2-1-3(8)6-4(7)9;/h1-2H,(H,6,8,9);. The zero-order valence-corrected chi connectivity index (χ0v) is 6.88. The molecule has 1 heterocycles. The Morgan fingerprint density at radius 1 is 1.50 bits per heavy atom. The van der Waals surface area contributed by atoms with Gasteiger partial charge in [-0.1, -0.05) is 4.48 Å². The van der Waals surface area contributed by atoms with Crippen LogP contribution in [0.5, 0.6) is 0 Å². The van der Waals surface area contributed by atoms with Crippen LogP contribution >= 0.6 is 0 Å². The zero-order chi connectivity index (χ0) is 6.85. The van der Waals surface area contributed by atoms with Crippen molar-refractivity contribution in [3.05, 3.63) is 33.1 Å². The average molecular weight is 325 g/mol. The molecule has 0 atom stereocenters. The van der Waals surface area contributed by atoms with Gasteiger partial charge in [-0.15, -0.1) is 4.79 Å². The summed E-state index contributed by atoms with van der Waals surface area (Å²) >= 11 is 0. The van der Waals surface area contributed by atoms with E-state index < -0.39 is 11.2 Å². The predicted octanol–water partition coefficient (Wildman–Crippen LogP) is -0.733. The summed E-state index contributed by atoms with van der Waals surface area (Å²) in [4.78, 5) is 21.9. The van der Waals surface area contributed by atoms with E-state index in [0.29, 0.717) is 0 Å². The summed E-state index contributed by atoms with van der Waals surface area (Å²) in [5, 5.41) is 0. The van der Waals surface area contributed by atoms with Gasteiger partial charge < -0.3 is 0 Å². The number of H-pyrrole nitrogens is 1. The number of aromatic amines is 1. The fourth-order valence-electron chi connectivity index (χ4n) is 0.401. The molecule has 1 aromatic rings. The van der Waals surface area contributed by atoms with Crippen LogP contribution in [0.1, 0.15) is 0 Å². The summed E-state index contributed by atoms with van der Waals surface area (Å²) in [6, 6.07) is 0.918. The summed E-state index contributed by atoms with van der Waals surface area (Å²) in [5.41, 5.74) is -1.66. The number of rotatable bonds is 0. The third-order valence-electron chi connectivity index (χ3n) is 0.781. The van der Waals surface area contributed by atoms with Crippen LogP contribution in [0.3, 0.4) is 0 Å². The molecule has 0 fully saturated rings. The van der Waals surface area contributed by atoms with Crippen molar-refractivity contribution >= 4 is 0 Å². The molecule has 1 rings (SSSR count). The molecule has 0 aliphatic heterocycles. The van der Waals surface area contributed by atoms with E-state index in [-0.39, 0.29) is 25.9 Å². The summed E-state index contributed by atoms with van der Waals surface area (Å²) < 4.78 is 11.9. The molecule has 0 aliphatic carbocycles. The number of nitrogens with one attached hydrogen (secondary N) is 1. The Morgan fingerprint density at radius 3 is 2.50 bits per heavy atom. The molecule has 0 bridgehead atoms. The van der Waals surface area contributed by atoms with Crippen LogP contribution < -0.4 is 11.2 Å². The molecule has 0 aliphatic rings. The first kappa shape index (κ1) is 9.30. The number of aromatic nitrogens is 2. The molecular weight excluding hydrogens is 322 g/mol. The Bertz CT molecular complexity index is 318. The van der Waals surface area contributed by atoms with Crippen molar-refractivity contribution in [1.82, 2.24) is 9.77 Å². The second-order valence-electron chi connectivity index (χ2n) is 1.42. The molecule has 10 heavy (non-hydrogen) atoms. The summed E-state index contributed by atoms with van der Waals surface area (Å²) in [6.07, 6.45) is 0.751. The van der Waals surface area contributed by atoms with Crippen molar-refractivity contribution in [3.8, 4) is 0 Å².